The Balaban J connectivity index is 1.85. The fraction of sp³-hybridized carbons (Fsp3) is 0.364. The number of benzene rings is 2. The summed E-state index contributed by atoms with van der Waals surface area (Å²) in [5, 5.41) is 0.568. The molecule has 0 fully saturated rings. The number of hydrogen-bond acceptors (Lipinski definition) is 6. The van der Waals surface area contributed by atoms with E-state index in [2.05, 4.69) is 0 Å². The molecule has 3 rings (SSSR count). The van der Waals surface area contributed by atoms with E-state index in [0.29, 0.717) is 18.2 Å². The molecule has 31 heavy (non-hydrogen) atoms. The Morgan fingerprint density at radius 2 is 1.68 bits per heavy atom. The fourth-order valence-corrected chi connectivity index (χ4v) is 5.49. The zero-order chi connectivity index (χ0) is 22.8. The van der Waals surface area contributed by atoms with E-state index in [9.17, 15) is 17.6 Å². The van der Waals surface area contributed by atoms with Gasteiger partial charge >= 0.3 is 0 Å². The lowest BCUT2D eigenvalue weighted by atomic mass is 10.1. The molecule has 0 unspecified atom stereocenters. The van der Waals surface area contributed by atoms with Crippen LogP contribution in [0.3, 0.4) is 0 Å². The predicted octanol–water partition coefficient (Wildman–Crippen LogP) is 3.81. The Kier molecular flexibility index (Phi) is 7.08. The molecule has 1 aromatic heterocycles. The second-order valence-electron chi connectivity index (χ2n) is 7.74. The molecule has 6 nitrogen and oxygen atoms in total. The molecule has 1 heterocycles. The summed E-state index contributed by atoms with van der Waals surface area (Å²) in [4.78, 5) is 21.3. The van der Waals surface area contributed by atoms with Crippen LogP contribution in [0.15, 0.2) is 41.3 Å². The zero-order valence-corrected chi connectivity index (χ0v) is 19.7. The number of thiazole rings is 1. The first kappa shape index (κ1) is 23.3. The molecule has 3 aromatic rings. The highest BCUT2D eigenvalue weighted by molar-refractivity contribution is 7.91. The fourth-order valence-electron chi connectivity index (χ4n) is 3.11. The second-order valence-corrected chi connectivity index (χ2v) is 10.8. The molecule has 0 bridgehead atoms. The van der Waals surface area contributed by atoms with Crippen molar-refractivity contribution in [1.82, 2.24) is 9.88 Å². The molecule has 0 radical (unpaired) electrons. The number of hydrogen-bond donors (Lipinski definition) is 0. The number of nitrogens with zero attached hydrogens (tertiary/aromatic N) is 3. The number of aromatic nitrogens is 1. The van der Waals surface area contributed by atoms with E-state index in [-0.39, 0.29) is 23.0 Å². The van der Waals surface area contributed by atoms with Gasteiger partial charge in [0.05, 0.1) is 20.9 Å². The molecule has 0 aliphatic rings. The van der Waals surface area contributed by atoms with Crippen molar-refractivity contribution in [2.45, 2.75) is 25.2 Å². The third-order valence-electron chi connectivity index (χ3n) is 4.99. The second kappa shape index (κ2) is 9.42. The van der Waals surface area contributed by atoms with Crippen molar-refractivity contribution in [2.24, 2.45) is 0 Å². The highest BCUT2D eigenvalue weighted by atomic mass is 32.2. The van der Waals surface area contributed by atoms with Crippen molar-refractivity contribution in [3.63, 3.8) is 0 Å². The summed E-state index contributed by atoms with van der Waals surface area (Å²) in [7, 11) is 0.123. The van der Waals surface area contributed by atoms with Crippen LogP contribution in [0.5, 0.6) is 0 Å². The van der Waals surface area contributed by atoms with Crippen LogP contribution in [0, 0.1) is 19.7 Å². The van der Waals surface area contributed by atoms with Gasteiger partial charge in [0.2, 0.25) is 5.91 Å². The minimum atomic E-state index is -3.70. The van der Waals surface area contributed by atoms with Crippen LogP contribution in [0.1, 0.15) is 17.5 Å². The van der Waals surface area contributed by atoms with Crippen LogP contribution in [0.25, 0.3) is 10.2 Å². The van der Waals surface area contributed by atoms with E-state index in [1.54, 1.807) is 4.90 Å². The Hall–Kier alpha value is -2.36. The summed E-state index contributed by atoms with van der Waals surface area (Å²) in [6.45, 7) is 5.00. The lowest BCUT2D eigenvalue weighted by Crippen LogP contribution is -2.37. The van der Waals surface area contributed by atoms with Gasteiger partial charge in [0.25, 0.3) is 0 Å². The summed E-state index contributed by atoms with van der Waals surface area (Å²) in [5.74, 6) is -1.16. The van der Waals surface area contributed by atoms with Crippen molar-refractivity contribution < 1.29 is 17.6 Å². The van der Waals surface area contributed by atoms with E-state index in [0.717, 1.165) is 33.5 Å². The molecule has 2 aromatic carbocycles. The van der Waals surface area contributed by atoms with Gasteiger partial charge in [0, 0.05) is 19.5 Å². The van der Waals surface area contributed by atoms with E-state index in [1.165, 1.54) is 23.5 Å². The number of halogens is 1. The Bertz CT molecular complexity index is 1150. The van der Waals surface area contributed by atoms with Crippen LogP contribution in [-0.4, -0.2) is 57.1 Å². The van der Waals surface area contributed by atoms with Crippen LogP contribution >= 0.6 is 11.3 Å². The number of carbonyl (C=O) groups excluding carboxylic acids is 1. The molecule has 0 aliphatic heterocycles. The van der Waals surface area contributed by atoms with Gasteiger partial charge < -0.3 is 4.90 Å². The average molecular weight is 464 g/mol. The van der Waals surface area contributed by atoms with Gasteiger partial charge in [0.1, 0.15) is 5.82 Å². The average Bonchev–Trinajstić information content (AvgIpc) is 3.16. The van der Waals surface area contributed by atoms with Crippen LogP contribution in [-0.2, 0) is 14.6 Å². The summed E-state index contributed by atoms with van der Waals surface area (Å²) in [6.07, 6.45) is -0.180. The van der Waals surface area contributed by atoms with Gasteiger partial charge in [-0.05, 0) is 63.3 Å². The summed E-state index contributed by atoms with van der Waals surface area (Å²) >= 11 is 1.44. The molecule has 0 spiro atoms. The first-order valence-corrected chi connectivity index (χ1v) is 12.4. The van der Waals surface area contributed by atoms with Crippen molar-refractivity contribution >= 4 is 42.4 Å². The van der Waals surface area contributed by atoms with Gasteiger partial charge in [-0.3, -0.25) is 9.69 Å². The minimum Gasteiger partial charge on any atom is -0.308 e. The number of aryl methyl sites for hydroxylation is 2. The number of anilines is 1. The quantitative estimate of drug-likeness (QED) is 0.475. The maximum atomic E-state index is 13.1. The molecule has 0 aliphatic carbocycles. The van der Waals surface area contributed by atoms with E-state index >= 15 is 0 Å². The van der Waals surface area contributed by atoms with Crippen LogP contribution in [0.2, 0.25) is 0 Å². The van der Waals surface area contributed by atoms with Gasteiger partial charge in [-0.2, -0.15) is 0 Å². The summed E-state index contributed by atoms with van der Waals surface area (Å²) in [5.41, 5.74) is 2.98. The Morgan fingerprint density at radius 3 is 2.29 bits per heavy atom. The van der Waals surface area contributed by atoms with Gasteiger partial charge in [-0.25, -0.2) is 17.8 Å². The first-order valence-electron chi connectivity index (χ1n) is 9.88. The Morgan fingerprint density at radius 1 is 1.03 bits per heavy atom. The molecule has 1 amide bonds. The SMILES string of the molecule is Cc1ccc(C)c2sc(N(CCN(C)C)C(=O)CCS(=O)(=O)c3ccc(F)cc3)nc12. The van der Waals surface area contributed by atoms with E-state index in [1.807, 2.05) is 45.0 Å². The van der Waals surface area contributed by atoms with Crippen LogP contribution < -0.4 is 4.90 Å². The minimum absolute atomic E-state index is 0.00720. The third kappa shape index (κ3) is 5.47. The normalized spacial score (nSPS) is 11.9. The maximum Gasteiger partial charge on any atom is 0.229 e. The summed E-state index contributed by atoms with van der Waals surface area (Å²) < 4.78 is 39.3. The first-order chi connectivity index (χ1) is 14.6. The smallest absolute Gasteiger partial charge is 0.229 e. The van der Waals surface area contributed by atoms with Gasteiger partial charge in [0.15, 0.2) is 15.0 Å². The molecule has 0 atom stereocenters. The highest BCUT2D eigenvalue weighted by Crippen LogP contribution is 2.33. The predicted molar refractivity (Wildman–Crippen MR) is 123 cm³/mol. The number of fused-ring (bicyclic) bond motifs is 1. The number of carbonyl (C=O) groups is 1. The van der Waals surface area contributed by atoms with Crippen molar-refractivity contribution in [3.8, 4) is 0 Å². The lowest BCUT2D eigenvalue weighted by molar-refractivity contribution is -0.118. The Labute approximate surface area is 186 Å². The standard InChI is InChI=1S/C22H26FN3O3S2/c1-15-5-6-16(2)21-20(15)24-22(30-21)26(13-12-25(3)4)19(27)11-14-31(28,29)18-9-7-17(23)8-10-18/h5-10H,11-14H2,1-4H3. The number of rotatable bonds is 8. The highest BCUT2D eigenvalue weighted by Gasteiger charge is 2.24. The monoisotopic (exact) mass is 463 g/mol. The zero-order valence-electron chi connectivity index (χ0n) is 18.1. The van der Waals surface area contributed by atoms with E-state index < -0.39 is 15.7 Å². The van der Waals surface area contributed by atoms with Crippen molar-refractivity contribution in [2.75, 3.05) is 37.8 Å². The maximum absolute atomic E-state index is 13.1. The molecule has 9 heteroatoms. The van der Waals surface area contributed by atoms with E-state index in [4.69, 9.17) is 4.98 Å². The summed E-state index contributed by atoms with van der Waals surface area (Å²) in [6, 6.07) is 8.67. The third-order valence-corrected chi connectivity index (χ3v) is 7.94. The van der Waals surface area contributed by atoms with Crippen molar-refractivity contribution in [1.29, 1.82) is 0 Å². The molecule has 0 N–H and O–H groups in total. The van der Waals surface area contributed by atoms with Crippen LogP contribution in [0.4, 0.5) is 9.52 Å². The number of sulfone groups is 1. The molecule has 166 valence electrons. The number of likely N-dealkylation sites (N-methyl/N-ethyl adjacent to an activating group) is 1. The molecule has 0 saturated carbocycles. The lowest BCUT2D eigenvalue weighted by Gasteiger charge is -2.22. The van der Waals surface area contributed by atoms with Gasteiger partial charge in [-0.15, -0.1) is 0 Å². The van der Waals surface area contributed by atoms with Crippen molar-refractivity contribution in [3.05, 3.63) is 53.3 Å². The van der Waals surface area contributed by atoms with Gasteiger partial charge in [-0.1, -0.05) is 23.5 Å². The number of amides is 1. The molecular weight excluding hydrogens is 437 g/mol. The topological polar surface area (TPSA) is 70.6 Å². The molecular formula is C22H26FN3O3S2. The largest absolute Gasteiger partial charge is 0.308 e. The molecule has 0 saturated heterocycles.